The van der Waals surface area contributed by atoms with Gasteiger partial charge in [0.15, 0.2) is 0 Å². The third kappa shape index (κ3) is 108000. The van der Waals surface area contributed by atoms with Gasteiger partial charge in [-0.15, -0.1) is 10.1 Å². The Balaban J connectivity index is -0.00000000750. The molecule has 0 aliphatic carbocycles. The molecule has 0 rings (SSSR count). The van der Waals surface area contributed by atoms with Crippen LogP contribution >= 0.6 is 0 Å². The van der Waals surface area contributed by atoms with E-state index in [9.17, 15) is 0 Å². The smallest absolute Gasteiger partial charge is 0.870 e. The van der Waals surface area contributed by atoms with Crippen LogP contribution in [0, 0.1) is 10.1 Å². The average Bonchev–Trinajstić information content (AvgIpc) is 0.811. The summed E-state index contributed by atoms with van der Waals surface area (Å²) in [6.45, 7) is 0. The summed E-state index contributed by atoms with van der Waals surface area (Å²) in [5.41, 5.74) is 0. The van der Waals surface area contributed by atoms with E-state index in [1.807, 2.05) is 0 Å². The number of rotatable bonds is 0. The van der Waals surface area contributed by atoms with Crippen molar-refractivity contribution in [2.24, 2.45) is 0 Å². The minimum absolute atomic E-state index is 0. The van der Waals surface area contributed by atoms with Crippen LogP contribution in [0.4, 0.5) is 0 Å². The normalized spacial score (nSPS) is 3.00. The van der Waals surface area contributed by atoms with E-state index in [0.717, 1.165) is 0 Å². The molecule has 0 aromatic rings. The van der Waals surface area contributed by atoms with Gasteiger partial charge in [-0.2, -0.15) is 0 Å². The molecule has 0 atom stereocenters. The first-order valence-electron chi connectivity index (χ1n) is 0.565. The van der Waals surface area contributed by atoms with E-state index < -0.39 is 5.09 Å². The van der Waals surface area contributed by atoms with Gasteiger partial charge in [-0.1, -0.05) is 0 Å². The van der Waals surface area contributed by atoms with Crippen molar-refractivity contribution in [2.75, 3.05) is 0 Å². The summed E-state index contributed by atoms with van der Waals surface area (Å²) in [7, 11) is 0. The predicted octanol–water partition coefficient (Wildman–Crippen LogP) is -3.36. The van der Waals surface area contributed by atoms with Crippen molar-refractivity contribution in [1.82, 2.24) is 0 Å². The summed E-state index contributed by atoms with van der Waals surface area (Å²) in [5, 5.41) is 13.6. The molecule has 0 aromatic carbocycles. The maximum atomic E-state index is 8.36. The molecule has 0 aromatic heterocycles. The van der Waals surface area contributed by atoms with E-state index in [1.54, 1.807) is 0 Å². The Morgan fingerprint density at radius 2 is 1.38 bits per heavy atom. The Labute approximate surface area is 63.5 Å². The van der Waals surface area contributed by atoms with Crippen LogP contribution in [-0.2, 0) is 0 Å². The van der Waals surface area contributed by atoms with Crippen LogP contribution in [0.5, 0.6) is 0 Å². The minimum atomic E-state index is -1.50. The van der Waals surface area contributed by atoms with Crippen molar-refractivity contribution < 1.29 is 26.7 Å². The Hall–Kier alpha value is -0.0369. The van der Waals surface area contributed by atoms with Crippen molar-refractivity contribution in [3.63, 3.8) is 0 Å². The quantitative estimate of drug-likeness (QED) is 0.280. The second-order valence-corrected chi connectivity index (χ2v) is 0.238. The van der Waals surface area contributed by atoms with Crippen molar-refractivity contribution in [3.8, 4) is 0 Å². The Morgan fingerprint density at radius 3 is 1.38 bits per heavy atom. The third-order valence-corrected chi connectivity index (χ3v) is 0. The molecule has 0 unspecified atom stereocenters. The minimum Gasteiger partial charge on any atom is -0.870 e. The first kappa shape index (κ1) is 44.0. The van der Waals surface area contributed by atoms with Gasteiger partial charge in [-0.25, -0.2) is 0 Å². The molecular weight excluding hydrogens is 319 g/mol. The van der Waals surface area contributed by atoms with Gasteiger partial charge < -0.3 is 21.6 Å². The molecule has 7 nitrogen and oxygen atoms in total. The summed E-state index contributed by atoms with van der Waals surface area (Å²) in [4.78, 5) is 8.36. The maximum absolute atomic E-state index is 8.36. The zero-order chi connectivity index (χ0) is 3.58. The van der Waals surface area contributed by atoms with Crippen LogP contribution < -0.4 is 0 Å². The molecule has 0 radical (unpaired) electrons. The van der Waals surface area contributed by atoms with Crippen molar-refractivity contribution in [1.29, 1.82) is 0 Å². The van der Waals surface area contributed by atoms with Gasteiger partial charge in [-0.05, 0) is 0 Å². The zero-order valence-electron chi connectivity index (χ0n) is 3.87. The first-order chi connectivity index (χ1) is 1.73. The van der Waals surface area contributed by atoms with Crippen LogP contribution in [0.1, 0.15) is 0 Å². The molecule has 0 fully saturated rings. The van der Waals surface area contributed by atoms with Crippen molar-refractivity contribution >= 4 is 26.2 Å². The molecule has 0 bridgehead atoms. The molecule has 0 saturated carbocycles. The molecule has 0 aliphatic heterocycles. The van der Waals surface area contributed by atoms with Gasteiger partial charge in [0.1, 0.15) is 0 Å². The number of nitrogens with zero attached hydrogens (tertiary/aromatic N) is 1. The summed E-state index contributed by atoms with van der Waals surface area (Å²) in [6.07, 6.45) is 0. The van der Waals surface area contributed by atoms with E-state index in [4.69, 9.17) is 15.3 Å². The van der Waals surface area contributed by atoms with E-state index in [1.165, 1.54) is 0 Å². The van der Waals surface area contributed by atoms with Gasteiger partial charge >= 0.3 is 26.2 Å². The van der Waals surface area contributed by atoms with Gasteiger partial charge in [-0.3, -0.25) is 0 Å². The molecule has 8 heteroatoms. The molecule has 0 saturated heterocycles. The molecular formula is H9BiNO6-. The third-order valence-electron chi connectivity index (χ3n) is 0. The summed E-state index contributed by atoms with van der Waals surface area (Å²) in [6, 6.07) is 0. The summed E-state index contributed by atoms with van der Waals surface area (Å²) >= 11 is 0. The SMILES string of the molecule is O.O.O=[N+]([O-])O.[BiH3].[OH-]. The monoisotopic (exact) mass is 328 g/mol. The molecule has 6 N–H and O–H groups in total. The fourth-order valence-corrected chi connectivity index (χ4v) is 0. The Kier molecular flexibility index (Phi) is 155. The van der Waals surface area contributed by atoms with Crippen molar-refractivity contribution in [2.45, 2.75) is 0 Å². The fourth-order valence-electron chi connectivity index (χ4n) is 0. The van der Waals surface area contributed by atoms with Gasteiger partial charge in [0, 0.05) is 0 Å². The average molecular weight is 328 g/mol. The molecule has 56 valence electrons. The molecule has 0 amide bonds. The van der Waals surface area contributed by atoms with Gasteiger partial charge in [0.25, 0.3) is 5.09 Å². The molecule has 0 aliphatic rings. The fraction of sp³-hybridized carbons (Fsp3) is 0. The van der Waals surface area contributed by atoms with Gasteiger partial charge in [0.05, 0.1) is 0 Å². The predicted molar refractivity (Wildman–Crippen MR) is 27.9 cm³/mol. The van der Waals surface area contributed by atoms with Crippen LogP contribution in [0.3, 0.4) is 0 Å². The Morgan fingerprint density at radius 1 is 1.38 bits per heavy atom. The topological polar surface area (TPSA) is 156 Å². The first-order valence-corrected chi connectivity index (χ1v) is 0.565. The Bertz CT molecular complexity index is 31.5. The summed E-state index contributed by atoms with van der Waals surface area (Å²) in [5.74, 6) is 0. The molecule has 0 spiro atoms. The number of hydrogen-bond donors (Lipinski definition) is 1. The van der Waals surface area contributed by atoms with Crippen LogP contribution in [0.15, 0.2) is 0 Å². The second kappa shape index (κ2) is 28.2. The zero-order valence-corrected chi connectivity index (χ0v) is 9.36. The second-order valence-electron chi connectivity index (χ2n) is 0.238. The van der Waals surface area contributed by atoms with E-state index in [-0.39, 0.29) is 42.6 Å². The number of hydrogen-bond acceptors (Lipinski definition) is 3. The van der Waals surface area contributed by atoms with Crippen molar-refractivity contribution in [3.05, 3.63) is 10.1 Å². The van der Waals surface area contributed by atoms with Crippen LogP contribution in [0.2, 0.25) is 0 Å². The standard InChI is InChI=1S/Bi.HNO3.3H2O.3H/c;2-1(3)4;;;;;;/h;(H,2,3,4);3*1H2;;;/p-1. The van der Waals surface area contributed by atoms with Crippen LogP contribution in [-0.4, -0.2) is 52.9 Å². The van der Waals surface area contributed by atoms with Gasteiger partial charge in [0.2, 0.25) is 0 Å². The maximum Gasteiger partial charge on any atom is -0.870 e. The van der Waals surface area contributed by atoms with E-state index in [0.29, 0.717) is 0 Å². The van der Waals surface area contributed by atoms with E-state index in [2.05, 4.69) is 0 Å². The largest absolute Gasteiger partial charge is 0.870 e. The molecule has 0 heterocycles. The summed E-state index contributed by atoms with van der Waals surface area (Å²) < 4.78 is 0. The van der Waals surface area contributed by atoms with E-state index >= 15 is 0 Å². The van der Waals surface area contributed by atoms with Crippen LogP contribution in [0.25, 0.3) is 0 Å². The molecule has 8 heavy (non-hydrogen) atoms.